The molecule has 1 aliphatic rings. The molecule has 3 rings (SSSR count). The summed E-state index contributed by atoms with van der Waals surface area (Å²) in [4.78, 5) is 26.3. The first-order chi connectivity index (χ1) is 12.9. The molecule has 0 bridgehead atoms. The van der Waals surface area contributed by atoms with Crippen molar-refractivity contribution in [3.05, 3.63) is 63.7 Å². The first-order valence-electron chi connectivity index (χ1n) is 8.84. The van der Waals surface area contributed by atoms with Gasteiger partial charge in [-0.25, -0.2) is 0 Å². The van der Waals surface area contributed by atoms with E-state index < -0.39 is 4.92 Å². The normalized spacial score (nSPS) is 16.0. The van der Waals surface area contributed by atoms with Crippen LogP contribution in [0.5, 0.6) is 0 Å². The van der Waals surface area contributed by atoms with Crippen LogP contribution in [-0.4, -0.2) is 43.1 Å². The van der Waals surface area contributed by atoms with Gasteiger partial charge in [0.15, 0.2) is 6.04 Å². The summed E-state index contributed by atoms with van der Waals surface area (Å²) < 4.78 is 0. The quantitative estimate of drug-likeness (QED) is 0.605. The lowest BCUT2D eigenvalue weighted by Gasteiger charge is -2.36. The largest absolute Gasteiger partial charge is 0.360 e. The maximum absolute atomic E-state index is 12.5. The van der Waals surface area contributed by atoms with Crippen molar-refractivity contribution in [2.75, 3.05) is 36.4 Å². The lowest BCUT2D eigenvalue weighted by molar-refractivity contribution is -0.914. The topological polar surface area (TPSA) is 79.9 Å². The number of hydrogen-bond acceptors (Lipinski definition) is 4. The molecule has 1 saturated heterocycles. The number of nitro groups is 1. The minimum Gasteiger partial charge on any atom is -0.360 e. The summed E-state index contributed by atoms with van der Waals surface area (Å²) in [7, 11) is 0. The fraction of sp³-hybridized carbons (Fsp3) is 0.316. The molecule has 0 saturated carbocycles. The Morgan fingerprint density at radius 1 is 1.22 bits per heavy atom. The van der Waals surface area contributed by atoms with Crippen LogP contribution in [0.4, 0.5) is 17.1 Å². The van der Waals surface area contributed by atoms with E-state index >= 15 is 0 Å². The van der Waals surface area contributed by atoms with E-state index in [0.29, 0.717) is 10.7 Å². The Bertz CT molecular complexity index is 820. The SMILES string of the molecule is C[C@@H](C(=O)Nc1cccc(Cl)c1)[NH+]1CCN(c2ccc([N+](=O)[O-])cc2)CC1. The van der Waals surface area contributed by atoms with Crippen molar-refractivity contribution < 1.29 is 14.6 Å². The number of anilines is 2. The summed E-state index contributed by atoms with van der Waals surface area (Å²) in [6, 6.07) is 13.5. The molecule has 0 radical (unpaired) electrons. The zero-order chi connectivity index (χ0) is 19.4. The predicted molar refractivity (Wildman–Crippen MR) is 106 cm³/mol. The number of piperazine rings is 1. The van der Waals surface area contributed by atoms with Gasteiger partial charge in [-0.1, -0.05) is 17.7 Å². The standard InChI is InChI=1S/C19H21ClN4O3/c1-14(19(25)21-16-4-2-3-15(20)13-16)22-9-11-23(12-10-22)17-5-7-18(8-6-17)24(26)27/h2-8,13-14H,9-12H2,1H3,(H,21,25)/p+1/t14-/m0/s1. The second-order valence-corrected chi connectivity index (χ2v) is 7.08. The smallest absolute Gasteiger partial charge is 0.282 e. The molecule has 0 spiro atoms. The van der Waals surface area contributed by atoms with Crippen LogP contribution in [-0.2, 0) is 4.79 Å². The first kappa shape index (κ1) is 19.1. The molecule has 7 nitrogen and oxygen atoms in total. The van der Waals surface area contributed by atoms with E-state index in [-0.39, 0.29) is 17.6 Å². The Kier molecular flexibility index (Phi) is 5.93. The van der Waals surface area contributed by atoms with Crippen LogP contribution in [0.15, 0.2) is 48.5 Å². The highest BCUT2D eigenvalue weighted by molar-refractivity contribution is 6.30. The third-order valence-corrected chi connectivity index (χ3v) is 5.16. The highest BCUT2D eigenvalue weighted by Crippen LogP contribution is 2.19. The van der Waals surface area contributed by atoms with Gasteiger partial charge in [0, 0.05) is 28.5 Å². The van der Waals surface area contributed by atoms with Gasteiger partial charge in [0.1, 0.15) is 0 Å². The molecule has 2 aromatic rings. The summed E-state index contributed by atoms with van der Waals surface area (Å²) in [5.74, 6) is -0.0314. The molecule has 2 N–H and O–H groups in total. The summed E-state index contributed by atoms with van der Waals surface area (Å²) in [6.45, 7) is 5.16. The molecule has 0 aliphatic carbocycles. The van der Waals surface area contributed by atoms with Crippen LogP contribution in [0.25, 0.3) is 0 Å². The van der Waals surface area contributed by atoms with Gasteiger partial charge in [0.25, 0.3) is 11.6 Å². The number of hydrogen-bond donors (Lipinski definition) is 2. The minimum absolute atomic E-state index is 0.0314. The van der Waals surface area contributed by atoms with Gasteiger partial charge >= 0.3 is 0 Å². The fourth-order valence-electron chi connectivity index (χ4n) is 3.27. The average Bonchev–Trinajstić information content (AvgIpc) is 2.67. The van der Waals surface area contributed by atoms with Crippen molar-refractivity contribution in [1.29, 1.82) is 0 Å². The Hall–Kier alpha value is -2.64. The van der Waals surface area contributed by atoms with Crippen molar-refractivity contribution in [3.63, 3.8) is 0 Å². The lowest BCUT2D eigenvalue weighted by Crippen LogP contribution is -3.19. The number of carbonyl (C=O) groups excluding carboxylic acids is 1. The number of nitrogens with one attached hydrogen (secondary N) is 2. The summed E-state index contributed by atoms with van der Waals surface area (Å²) >= 11 is 5.96. The van der Waals surface area contributed by atoms with Gasteiger partial charge < -0.3 is 15.1 Å². The molecule has 2 aromatic carbocycles. The third-order valence-electron chi connectivity index (χ3n) is 4.93. The van der Waals surface area contributed by atoms with Crippen LogP contribution in [0.2, 0.25) is 5.02 Å². The average molecular weight is 390 g/mol. The molecule has 1 aliphatic heterocycles. The summed E-state index contributed by atoms with van der Waals surface area (Å²) in [5.41, 5.74) is 1.76. The Labute approximate surface area is 162 Å². The van der Waals surface area contributed by atoms with E-state index in [9.17, 15) is 14.9 Å². The molecule has 142 valence electrons. The van der Waals surface area contributed by atoms with Crippen LogP contribution in [0.3, 0.4) is 0 Å². The van der Waals surface area contributed by atoms with E-state index in [1.54, 1.807) is 30.3 Å². The number of benzene rings is 2. The zero-order valence-electron chi connectivity index (χ0n) is 15.0. The van der Waals surface area contributed by atoms with Crippen molar-refractivity contribution in [2.24, 2.45) is 0 Å². The Morgan fingerprint density at radius 3 is 2.48 bits per heavy atom. The second-order valence-electron chi connectivity index (χ2n) is 6.64. The van der Waals surface area contributed by atoms with Gasteiger partial charge in [-0.3, -0.25) is 14.9 Å². The summed E-state index contributed by atoms with van der Waals surface area (Å²) in [5, 5.41) is 14.3. The number of rotatable bonds is 5. The molecule has 0 aromatic heterocycles. The maximum Gasteiger partial charge on any atom is 0.282 e. The van der Waals surface area contributed by atoms with E-state index in [1.165, 1.54) is 17.0 Å². The van der Waals surface area contributed by atoms with E-state index in [2.05, 4.69) is 10.2 Å². The van der Waals surface area contributed by atoms with Crippen LogP contribution < -0.4 is 15.1 Å². The van der Waals surface area contributed by atoms with Gasteiger partial charge in [-0.15, -0.1) is 0 Å². The predicted octanol–water partition coefficient (Wildman–Crippen LogP) is 1.98. The molecule has 8 heteroatoms. The summed E-state index contributed by atoms with van der Waals surface area (Å²) in [6.07, 6.45) is 0. The molecule has 27 heavy (non-hydrogen) atoms. The third kappa shape index (κ3) is 4.75. The van der Waals surface area contributed by atoms with E-state index in [0.717, 1.165) is 31.9 Å². The molecule has 1 amide bonds. The van der Waals surface area contributed by atoms with Crippen molar-refractivity contribution in [3.8, 4) is 0 Å². The first-order valence-corrected chi connectivity index (χ1v) is 9.22. The molecule has 1 fully saturated rings. The van der Waals surface area contributed by atoms with Gasteiger partial charge in [-0.05, 0) is 37.3 Å². The number of non-ortho nitro benzene ring substituents is 1. The number of carbonyl (C=O) groups is 1. The molecule has 1 atom stereocenters. The molecular formula is C19H22ClN4O3+. The zero-order valence-corrected chi connectivity index (χ0v) is 15.8. The number of halogens is 1. The molecule has 0 unspecified atom stereocenters. The highest BCUT2D eigenvalue weighted by atomic mass is 35.5. The van der Waals surface area contributed by atoms with Crippen LogP contribution in [0.1, 0.15) is 6.92 Å². The van der Waals surface area contributed by atoms with Crippen molar-refractivity contribution in [1.82, 2.24) is 0 Å². The molecular weight excluding hydrogens is 368 g/mol. The lowest BCUT2D eigenvalue weighted by atomic mass is 10.2. The number of nitrogens with zero attached hydrogens (tertiary/aromatic N) is 2. The van der Waals surface area contributed by atoms with E-state index in [1.807, 2.05) is 13.0 Å². The van der Waals surface area contributed by atoms with Gasteiger partial charge in [-0.2, -0.15) is 0 Å². The van der Waals surface area contributed by atoms with Crippen molar-refractivity contribution in [2.45, 2.75) is 13.0 Å². The van der Waals surface area contributed by atoms with Gasteiger partial charge in [0.05, 0.1) is 31.1 Å². The fourth-order valence-corrected chi connectivity index (χ4v) is 3.46. The second kappa shape index (κ2) is 8.37. The number of nitro benzene ring substituents is 1. The maximum atomic E-state index is 12.5. The highest BCUT2D eigenvalue weighted by Gasteiger charge is 2.29. The van der Waals surface area contributed by atoms with Crippen LogP contribution >= 0.6 is 11.6 Å². The van der Waals surface area contributed by atoms with Crippen LogP contribution in [0, 0.1) is 10.1 Å². The van der Waals surface area contributed by atoms with Gasteiger partial charge in [0.2, 0.25) is 0 Å². The Balaban J connectivity index is 1.54. The van der Waals surface area contributed by atoms with Crippen molar-refractivity contribution >= 4 is 34.6 Å². The molecule has 1 heterocycles. The Morgan fingerprint density at radius 2 is 1.89 bits per heavy atom. The number of amides is 1. The van der Waals surface area contributed by atoms with E-state index in [4.69, 9.17) is 11.6 Å². The monoisotopic (exact) mass is 389 g/mol. The minimum atomic E-state index is -0.397. The number of quaternary nitrogens is 1.